The Hall–Kier alpha value is -4.97. The predicted molar refractivity (Wildman–Crippen MR) is 168 cm³/mol. The minimum Gasteiger partial charge on any atom is -0.488 e. The third kappa shape index (κ3) is 6.97. The first-order chi connectivity index (χ1) is 21.3. The van der Waals surface area contributed by atoms with Crippen LogP contribution < -0.4 is 20.9 Å². The number of H-pyrrole nitrogens is 1. The Balaban J connectivity index is 1.07. The quantitative estimate of drug-likeness (QED) is 0.182. The van der Waals surface area contributed by atoms with Crippen LogP contribution in [0, 0.1) is 0 Å². The normalized spacial score (nSPS) is 14.2. The number of pyridine rings is 1. The highest BCUT2D eigenvalue weighted by atomic mass is 32.2. The SMILES string of the molecule is O=C(Cn1c(-c2ccccc2)ncc(NCCCc2ccc(OC3CS(=O)(=O)C3)cc2)c1=O)NCc1cc2cnccc2[nH]1. The van der Waals surface area contributed by atoms with E-state index in [1.807, 2.05) is 66.7 Å². The number of rotatable bonds is 12. The molecule has 0 spiro atoms. The molecule has 12 heteroatoms. The first-order valence-electron chi connectivity index (χ1n) is 14.4. The molecule has 0 unspecified atom stereocenters. The number of fused-ring (bicyclic) bond motifs is 1. The third-order valence-electron chi connectivity index (χ3n) is 7.40. The van der Waals surface area contributed by atoms with E-state index in [1.54, 1.807) is 12.4 Å². The first kappa shape index (κ1) is 29.1. The average molecular weight is 613 g/mol. The van der Waals surface area contributed by atoms with E-state index < -0.39 is 9.84 Å². The van der Waals surface area contributed by atoms with Crippen molar-refractivity contribution in [2.24, 2.45) is 0 Å². The molecule has 5 aromatic rings. The molecule has 0 saturated carbocycles. The minimum absolute atomic E-state index is 0.0665. The van der Waals surface area contributed by atoms with E-state index in [4.69, 9.17) is 4.74 Å². The lowest BCUT2D eigenvalue weighted by molar-refractivity contribution is -0.121. The van der Waals surface area contributed by atoms with Crippen molar-refractivity contribution >= 4 is 32.3 Å². The van der Waals surface area contributed by atoms with E-state index in [-0.39, 0.29) is 42.2 Å². The lowest BCUT2D eigenvalue weighted by Crippen LogP contribution is -2.45. The maximum atomic E-state index is 13.6. The lowest BCUT2D eigenvalue weighted by Gasteiger charge is -2.26. The van der Waals surface area contributed by atoms with Crippen molar-refractivity contribution in [1.82, 2.24) is 24.8 Å². The summed E-state index contributed by atoms with van der Waals surface area (Å²) >= 11 is 0. The van der Waals surface area contributed by atoms with Crippen LogP contribution in [0.25, 0.3) is 22.3 Å². The molecule has 1 aliphatic heterocycles. The van der Waals surface area contributed by atoms with Gasteiger partial charge in [-0.25, -0.2) is 13.4 Å². The number of sulfone groups is 1. The maximum Gasteiger partial charge on any atom is 0.277 e. The predicted octanol–water partition coefficient (Wildman–Crippen LogP) is 3.32. The standard InChI is InChI=1S/C32H32N6O5S/c39-30(35-17-25-15-24-16-33-14-12-28(24)37-25)19-38-31(23-6-2-1-3-7-23)36-18-29(32(38)40)34-13-4-5-22-8-10-26(11-9-22)43-27-20-44(41,42)21-27/h1-3,6-12,14-16,18,27,34,37H,4-5,13,17,19-21H2,(H,35,39). The number of amides is 1. The van der Waals surface area contributed by atoms with E-state index in [0.717, 1.165) is 40.6 Å². The van der Waals surface area contributed by atoms with Gasteiger partial charge >= 0.3 is 0 Å². The smallest absolute Gasteiger partial charge is 0.277 e. The van der Waals surface area contributed by atoms with Gasteiger partial charge in [-0.05, 0) is 42.7 Å². The van der Waals surface area contributed by atoms with Crippen molar-refractivity contribution in [3.05, 3.63) is 107 Å². The maximum absolute atomic E-state index is 13.6. The number of carbonyl (C=O) groups is 1. The number of aryl methyl sites for hydroxylation is 1. The minimum atomic E-state index is -2.93. The van der Waals surface area contributed by atoms with Crippen LogP contribution in [-0.4, -0.2) is 58.0 Å². The number of ether oxygens (including phenoxy) is 1. The van der Waals surface area contributed by atoms with Gasteiger partial charge < -0.3 is 20.4 Å². The molecule has 44 heavy (non-hydrogen) atoms. The van der Waals surface area contributed by atoms with Gasteiger partial charge in [-0.1, -0.05) is 42.5 Å². The van der Waals surface area contributed by atoms with E-state index in [0.29, 0.717) is 23.8 Å². The Morgan fingerprint density at radius 2 is 1.84 bits per heavy atom. The Kier molecular flexibility index (Phi) is 8.42. The number of aromatic nitrogens is 4. The van der Waals surface area contributed by atoms with Crippen molar-refractivity contribution in [3.63, 3.8) is 0 Å². The molecule has 6 rings (SSSR count). The van der Waals surface area contributed by atoms with Crippen molar-refractivity contribution < 1.29 is 17.9 Å². The molecule has 0 aliphatic carbocycles. The van der Waals surface area contributed by atoms with E-state index in [1.165, 1.54) is 10.8 Å². The molecular weight excluding hydrogens is 580 g/mol. The molecule has 11 nitrogen and oxygen atoms in total. The summed E-state index contributed by atoms with van der Waals surface area (Å²) in [6.07, 6.45) is 6.22. The van der Waals surface area contributed by atoms with Gasteiger partial charge in [0.25, 0.3) is 5.56 Å². The highest BCUT2D eigenvalue weighted by molar-refractivity contribution is 7.92. The van der Waals surface area contributed by atoms with Gasteiger partial charge in [-0.2, -0.15) is 0 Å². The van der Waals surface area contributed by atoms with Gasteiger partial charge in [-0.15, -0.1) is 0 Å². The van der Waals surface area contributed by atoms with Crippen LogP contribution in [0.5, 0.6) is 5.75 Å². The second-order valence-electron chi connectivity index (χ2n) is 10.8. The Morgan fingerprint density at radius 3 is 2.59 bits per heavy atom. The average Bonchev–Trinajstić information content (AvgIpc) is 3.43. The van der Waals surface area contributed by atoms with Gasteiger partial charge in [0.2, 0.25) is 5.91 Å². The fourth-order valence-electron chi connectivity index (χ4n) is 5.13. The monoisotopic (exact) mass is 612 g/mol. The molecule has 1 fully saturated rings. The molecule has 3 N–H and O–H groups in total. The van der Waals surface area contributed by atoms with Crippen LogP contribution in [0.3, 0.4) is 0 Å². The molecule has 1 amide bonds. The van der Waals surface area contributed by atoms with Crippen molar-refractivity contribution in [2.45, 2.75) is 32.0 Å². The van der Waals surface area contributed by atoms with Gasteiger partial charge in [0.05, 0.1) is 24.2 Å². The summed E-state index contributed by atoms with van der Waals surface area (Å²) in [5.41, 5.74) is 3.59. The summed E-state index contributed by atoms with van der Waals surface area (Å²) in [6.45, 7) is 0.625. The number of carbonyl (C=O) groups excluding carboxylic acids is 1. The number of benzene rings is 2. The zero-order valence-corrected chi connectivity index (χ0v) is 24.7. The second kappa shape index (κ2) is 12.7. The molecule has 3 aromatic heterocycles. The Morgan fingerprint density at radius 1 is 1.05 bits per heavy atom. The van der Waals surface area contributed by atoms with Crippen molar-refractivity contribution in [1.29, 1.82) is 0 Å². The van der Waals surface area contributed by atoms with Gasteiger partial charge in [0, 0.05) is 41.1 Å². The molecule has 0 radical (unpaired) electrons. The largest absolute Gasteiger partial charge is 0.488 e. The Labute approximate surface area is 254 Å². The number of nitrogens with zero attached hydrogens (tertiary/aromatic N) is 3. The summed E-state index contributed by atoms with van der Waals surface area (Å²) in [4.78, 5) is 38.5. The fourth-order valence-corrected chi connectivity index (χ4v) is 6.30. The van der Waals surface area contributed by atoms with E-state index >= 15 is 0 Å². The van der Waals surface area contributed by atoms with E-state index in [9.17, 15) is 18.0 Å². The topological polar surface area (TPSA) is 148 Å². The van der Waals surface area contributed by atoms with Gasteiger partial charge in [0.1, 0.15) is 29.9 Å². The number of nitrogens with one attached hydrogen (secondary N) is 3. The van der Waals surface area contributed by atoms with Crippen LogP contribution in [0.1, 0.15) is 17.7 Å². The molecule has 1 aliphatic rings. The number of anilines is 1. The summed E-state index contributed by atoms with van der Waals surface area (Å²) < 4.78 is 29.8. The highest BCUT2D eigenvalue weighted by Crippen LogP contribution is 2.21. The van der Waals surface area contributed by atoms with Crippen LogP contribution in [0.2, 0.25) is 0 Å². The zero-order valence-electron chi connectivity index (χ0n) is 23.9. The van der Waals surface area contributed by atoms with Crippen LogP contribution in [0.4, 0.5) is 5.69 Å². The molecule has 4 heterocycles. The van der Waals surface area contributed by atoms with Crippen molar-refractivity contribution in [3.8, 4) is 17.1 Å². The summed E-state index contributed by atoms with van der Waals surface area (Å²) in [7, 11) is -2.93. The van der Waals surface area contributed by atoms with Crippen molar-refractivity contribution in [2.75, 3.05) is 23.4 Å². The first-order valence-corrected chi connectivity index (χ1v) is 16.2. The molecule has 226 valence electrons. The van der Waals surface area contributed by atoms with E-state index in [2.05, 4.69) is 25.6 Å². The summed E-state index contributed by atoms with van der Waals surface area (Å²) in [5.74, 6) is 0.884. The highest BCUT2D eigenvalue weighted by Gasteiger charge is 2.35. The van der Waals surface area contributed by atoms with Gasteiger partial charge in [0.15, 0.2) is 9.84 Å². The molecule has 0 bridgehead atoms. The van der Waals surface area contributed by atoms with Gasteiger partial charge in [-0.3, -0.25) is 19.1 Å². The fraction of sp³-hybridized carbons (Fsp3) is 0.250. The zero-order chi connectivity index (χ0) is 30.5. The molecular formula is C32H32N6O5S. The van der Waals surface area contributed by atoms with Crippen LogP contribution in [0.15, 0.2) is 90.1 Å². The number of hydrogen-bond donors (Lipinski definition) is 3. The molecule has 2 aromatic carbocycles. The second-order valence-corrected chi connectivity index (χ2v) is 12.9. The number of aromatic amines is 1. The molecule has 0 atom stereocenters. The van der Waals surface area contributed by atoms with Crippen LogP contribution in [-0.2, 0) is 34.1 Å². The number of hydrogen-bond acceptors (Lipinski definition) is 8. The lowest BCUT2D eigenvalue weighted by atomic mass is 10.1. The Bertz CT molecular complexity index is 1890. The van der Waals surface area contributed by atoms with Crippen LogP contribution >= 0.6 is 0 Å². The summed E-state index contributed by atoms with van der Waals surface area (Å²) in [5, 5.41) is 7.04. The summed E-state index contributed by atoms with van der Waals surface area (Å²) in [6, 6.07) is 20.7. The molecule has 1 saturated heterocycles. The third-order valence-corrected chi connectivity index (χ3v) is 9.16.